The van der Waals surface area contributed by atoms with Crippen LogP contribution in [-0.2, 0) is 20.1 Å². The average molecular weight is 1130 g/mol. The molecular formula is C61H55GeIrN3S-2. The summed E-state index contributed by atoms with van der Waals surface area (Å²) in [6.07, 6.45) is 1.67. The van der Waals surface area contributed by atoms with Gasteiger partial charge in [0.2, 0.25) is 0 Å². The molecule has 0 fully saturated rings. The second kappa shape index (κ2) is 18.8. The molecule has 3 heterocycles. The van der Waals surface area contributed by atoms with E-state index in [9.17, 15) is 0 Å². The third kappa shape index (κ3) is 8.84. The summed E-state index contributed by atoms with van der Waals surface area (Å²) in [7, 11) is 0. The molecule has 0 spiro atoms. The Labute approximate surface area is 424 Å². The number of fused-ring (bicyclic) bond motifs is 7. The Morgan fingerprint density at radius 1 is 0.657 bits per heavy atom. The molecule has 11 rings (SSSR count). The monoisotopic (exact) mass is 1130 g/mol. The quantitative estimate of drug-likeness (QED) is 0.0905. The first kappa shape index (κ1) is 39.3. The molecular weight excluding hydrogens is 1070 g/mol. The van der Waals surface area contributed by atoms with Crippen LogP contribution in [-0.4, -0.2) is 27.8 Å². The first-order valence-corrected chi connectivity index (χ1v) is 30.9. The second-order valence-corrected chi connectivity index (χ2v) is 30.5. The summed E-state index contributed by atoms with van der Waals surface area (Å²) in [6, 6.07) is 59.1. The van der Waals surface area contributed by atoms with Gasteiger partial charge in [0.1, 0.15) is 0 Å². The van der Waals surface area contributed by atoms with Gasteiger partial charge in [0.15, 0.2) is 0 Å². The molecule has 11 aromatic rings. The maximum absolute atomic E-state index is 7.82. The van der Waals surface area contributed by atoms with E-state index in [1.165, 1.54) is 81.8 Å². The SMILES string of the molecule is CC(C)c1cc(-c2ccccc2)cc(C(C)C)c1-n1c(-c2[c-]ccc3c2sc2cc4c(ccc5ccccc54)cc23)nc2ccccc21.[2H]C([2H])([2H])c1c[c-]c(-c2cc(C([2H])([2H])[2H])[c]([Ge]([CH3])([CH3])[CH3])cn2)cc1.[Ir]. The molecule has 0 aliphatic carbocycles. The summed E-state index contributed by atoms with van der Waals surface area (Å²) in [5, 5.41) is 7.67. The molecule has 3 nitrogen and oxygen atoms in total. The Balaban J connectivity index is 0.000000223. The molecule has 0 bridgehead atoms. The number of benzene rings is 8. The molecule has 6 heteroatoms. The topological polar surface area (TPSA) is 30.7 Å². The van der Waals surface area contributed by atoms with Gasteiger partial charge < -0.3 is 4.57 Å². The van der Waals surface area contributed by atoms with Crippen LogP contribution in [0.15, 0.2) is 158 Å². The Morgan fingerprint density at radius 3 is 2.10 bits per heavy atom. The van der Waals surface area contributed by atoms with E-state index in [4.69, 9.17) is 13.2 Å². The molecule has 0 N–H and O–H groups in total. The van der Waals surface area contributed by atoms with Crippen LogP contribution in [0.4, 0.5) is 0 Å². The number of para-hydroxylation sites is 2. The standard InChI is InChI=1S/C45H35N2S.C16H20GeN.Ir/c1-27(2)36-24-32(29-13-6-5-7-14-29)25-37(28(3)4)43(36)47-41-20-11-10-19-40(41)46-45(47)35-18-12-17-34-39-23-31-22-21-30-15-8-9-16-33(30)38(31)26-42(39)48-44(34)35;1-12-6-8-14(9-7-12)16-10-13(2)15(11-18-16)17(3,4)5;/h5-17,19-28H,1-4H3;6-8,10-11H,1-5H3;/q2*-1;/i;1D3,2D3;. The van der Waals surface area contributed by atoms with Crippen molar-refractivity contribution in [2.45, 2.75) is 70.5 Å². The molecule has 0 aliphatic heterocycles. The van der Waals surface area contributed by atoms with E-state index in [2.05, 4.69) is 194 Å². The number of aromatic nitrogens is 3. The Bertz CT molecular complexity index is 3800. The Kier molecular flexibility index (Phi) is 11.0. The number of hydrogen-bond donors (Lipinski definition) is 0. The van der Waals surface area contributed by atoms with E-state index in [-0.39, 0.29) is 25.7 Å². The molecule has 0 atom stereocenters. The van der Waals surface area contributed by atoms with Gasteiger partial charge in [0, 0.05) is 30.5 Å². The van der Waals surface area contributed by atoms with Gasteiger partial charge in [-0.15, -0.1) is 18.2 Å². The van der Waals surface area contributed by atoms with Gasteiger partial charge in [0.25, 0.3) is 0 Å². The first-order valence-electron chi connectivity index (χ1n) is 25.7. The zero-order valence-electron chi connectivity index (χ0n) is 44.7. The third-order valence-electron chi connectivity index (χ3n) is 12.6. The predicted molar refractivity (Wildman–Crippen MR) is 288 cm³/mol. The van der Waals surface area contributed by atoms with Crippen molar-refractivity contribution in [1.29, 1.82) is 0 Å². The van der Waals surface area contributed by atoms with Crippen LogP contribution in [0.25, 0.3) is 92.2 Å². The first-order chi connectivity index (χ1) is 34.3. The molecule has 0 unspecified atom stereocenters. The molecule has 0 saturated heterocycles. The van der Waals surface area contributed by atoms with E-state index in [0.29, 0.717) is 28.7 Å². The van der Waals surface area contributed by atoms with Gasteiger partial charge in [-0.3, -0.25) is 4.98 Å². The minimum Gasteiger partial charge on any atom is 0 e. The van der Waals surface area contributed by atoms with Crippen LogP contribution in [0.3, 0.4) is 0 Å². The van der Waals surface area contributed by atoms with E-state index < -0.39 is 27.0 Å². The van der Waals surface area contributed by atoms with Gasteiger partial charge in [-0.1, -0.05) is 118 Å². The number of nitrogens with zero attached hydrogens (tertiary/aromatic N) is 3. The predicted octanol–water partition coefficient (Wildman–Crippen LogP) is 16.8. The van der Waals surface area contributed by atoms with Crippen molar-refractivity contribution in [3.05, 3.63) is 192 Å². The van der Waals surface area contributed by atoms with Crippen molar-refractivity contribution in [2.75, 3.05) is 0 Å². The zero-order chi connectivity index (χ0) is 50.9. The zero-order valence-corrected chi connectivity index (χ0v) is 44.1. The summed E-state index contributed by atoms with van der Waals surface area (Å²) in [4.78, 5) is 9.80. The molecule has 1 radical (unpaired) electrons. The molecule has 0 amide bonds. The number of pyridine rings is 1. The largest absolute Gasteiger partial charge is 0 e. The fourth-order valence-corrected chi connectivity index (χ4v) is 13.2. The van der Waals surface area contributed by atoms with Crippen LogP contribution in [0.5, 0.6) is 0 Å². The van der Waals surface area contributed by atoms with Crippen molar-refractivity contribution in [1.82, 2.24) is 14.5 Å². The molecule has 335 valence electrons. The number of aryl methyl sites for hydroxylation is 2. The Morgan fingerprint density at radius 2 is 1.39 bits per heavy atom. The third-order valence-corrected chi connectivity index (χ3v) is 18.0. The smallest absolute Gasteiger partial charge is 0 e. The van der Waals surface area contributed by atoms with Gasteiger partial charge in [0.05, 0.1) is 16.9 Å². The maximum Gasteiger partial charge on any atom is 0 e. The molecule has 0 saturated carbocycles. The van der Waals surface area contributed by atoms with Crippen molar-refractivity contribution in [2.24, 2.45) is 0 Å². The Hall–Kier alpha value is -5.69. The van der Waals surface area contributed by atoms with Crippen LogP contribution in [0, 0.1) is 25.8 Å². The van der Waals surface area contributed by atoms with Crippen molar-refractivity contribution >= 4 is 81.7 Å². The number of rotatable bonds is 7. The number of thiophene rings is 1. The van der Waals surface area contributed by atoms with Crippen LogP contribution in [0.1, 0.15) is 70.0 Å². The minimum atomic E-state index is -2.38. The van der Waals surface area contributed by atoms with Gasteiger partial charge >= 0.3 is 121 Å². The second-order valence-electron chi connectivity index (χ2n) is 18.8. The fraction of sp³-hybridized carbons (Fsp3) is 0.180. The van der Waals surface area contributed by atoms with Gasteiger partial charge in [-0.25, -0.2) is 0 Å². The summed E-state index contributed by atoms with van der Waals surface area (Å²) in [6.45, 7) is 4.85. The van der Waals surface area contributed by atoms with Crippen molar-refractivity contribution in [3.63, 3.8) is 0 Å². The molecule has 0 aliphatic rings. The number of imidazole rings is 1. The summed E-state index contributed by atoms with van der Waals surface area (Å²) in [5.74, 6) is 7.94. The van der Waals surface area contributed by atoms with Crippen molar-refractivity contribution in [3.8, 4) is 39.5 Å². The fourth-order valence-electron chi connectivity index (χ4n) is 9.23. The molecule has 3 aromatic heterocycles. The van der Waals surface area contributed by atoms with Gasteiger partial charge in [-0.2, -0.15) is 11.3 Å². The van der Waals surface area contributed by atoms with Gasteiger partial charge in [-0.05, 0) is 102 Å². The van der Waals surface area contributed by atoms with E-state index in [1.807, 2.05) is 11.3 Å². The summed E-state index contributed by atoms with van der Waals surface area (Å²) < 4.78 is 51.4. The summed E-state index contributed by atoms with van der Waals surface area (Å²) >= 11 is -0.524. The van der Waals surface area contributed by atoms with Crippen molar-refractivity contribution < 1.29 is 28.3 Å². The van der Waals surface area contributed by atoms with Crippen LogP contribution >= 0.6 is 11.3 Å². The molecule has 67 heavy (non-hydrogen) atoms. The number of hydrogen-bond acceptors (Lipinski definition) is 3. The maximum atomic E-state index is 7.82. The van der Waals surface area contributed by atoms with E-state index in [0.717, 1.165) is 26.8 Å². The van der Waals surface area contributed by atoms with Crippen LogP contribution < -0.4 is 4.40 Å². The van der Waals surface area contributed by atoms with E-state index in [1.54, 1.807) is 18.3 Å². The minimum absolute atomic E-state index is 0. The average Bonchev–Trinajstić information content (AvgIpc) is 3.93. The van der Waals surface area contributed by atoms with Crippen LogP contribution in [0.2, 0.25) is 17.3 Å². The van der Waals surface area contributed by atoms with E-state index >= 15 is 0 Å². The molecule has 8 aromatic carbocycles. The summed E-state index contributed by atoms with van der Waals surface area (Å²) in [5.41, 5.74) is 11.2. The normalized spacial score (nSPS) is 13.5.